The Morgan fingerprint density at radius 2 is 2.06 bits per heavy atom. The Labute approximate surface area is 202 Å². The van der Waals surface area contributed by atoms with Crippen molar-refractivity contribution < 1.29 is 34.3 Å². The number of carboxylic acids is 1. The van der Waals surface area contributed by atoms with Crippen molar-refractivity contribution in [3.05, 3.63) is 36.4 Å². The number of benzene rings is 1. The van der Waals surface area contributed by atoms with E-state index < -0.39 is 18.2 Å². The van der Waals surface area contributed by atoms with Crippen LogP contribution in [0.1, 0.15) is 51.9 Å². The predicted molar refractivity (Wildman–Crippen MR) is 129 cm³/mol. The van der Waals surface area contributed by atoms with E-state index >= 15 is 0 Å². The van der Waals surface area contributed by atoms with Gasteiger partial charge >= 0.3 is 5.97 Å². The standard InChI is InChI=1S/C27H40O7/c1-3-5-19(27(30)31)10-8-18-9-12-24-23(25(29)15-26(24)34-16-18)13-11-20(28)17-33-22-7-4-6-21(14-22)32-2/h4,6-7,11,13-14,18-20,23-26,28-29H,3,5,8-10,12,15-17H2,1-2H3,(H,30,31)/b13-11+/t18-,19?,20-,23-,24-,25-,26+/m1/s1. The van der Waals surface area contributed by atoms with Gasteiger partial charge in [0.1, 0.15) is 24.2 Å². The molecule has 2 fully saturated rings. The van der Waals surface area contributed by atoms with E-state index in [4.69, 9.17) is 14.2 Å². The van der Waals surface area contributed by atoms with Crippen molar-refractivity contribution in [2.45, 2.75) is 70.2 Å². The molecule has 0 amide bonds. The zero-order valence-electron chi connectivity index (χ0n) is 20.3. The number of hydrogen-bond acceptors (Lipinski definition) is 6. The van der Waals surface area contributed by atoms with Crippen molar-refractivity contribution >= 4 is 5.97 Å². The summed E-state index contributed by atoms with van der Waals surface area (Å²) in [5, 5.41) is 30.4. The smallest absolute Gasteiger partial charge is 0.306 e. The highest BCUT2D eigenvalue weighted by molar-refractivity contribution is 5.69. The van der Waals surface area contributed by atoms with Gasteiger partial charge in [0.2, 0.25) is 0 Å². The summed E-state index contributed by atoms with van der Waals surface area (Å²) in [5.41, 5.74) is 0. The molecule has 0 radical (unpaired) electrons. The van der Waals surface area contributed by atoms with E-state index in [0.29, 0.717) is 36.9 Å². The molecule has 7 heteroatoms. The number of aliphatic carboxylic acids is 1. The summed E-state index contributed by atoms with van der Waals surface area (Å²) in [5.74, 6) is 0.836. The zero-order chi connectivity index (χ0) is 24.5. The number of methoxy groups -OCH3 is 1. The fourth-order valence-corrected chi connectivity index (χ4v) is 5.30. The minimum Gasteiger partial charge on any atom is -0.497 e. The van der Waals surface area contributed by atoms with E-state index in [1.165, 1.54) is 0 Å². The molecule has 0 spiro atoms. The minimum atomic E-state index is -0.789. The molecule has 0 bridgehead atoms. The molecule has 1 unspecified atom stereocenters. The summed E-state index contributed by atoms with van der Waals surface area (Å²) >= 11 is 0. The Morgan fingerprint density at radius 3 is 2.79 bits per heavy atom. The zero-order valence-corrected chi connectivity index (χ0v) is 20.3. The van der Waals surface area contributed by atoms with Gasteiger partial charge in [0.25, 0.3) is 0 Å². The second kappa shape index (κ2) is 13.1. The van der Waals surface area contributed by atoms with Crippen LogP contribution in [0.25, 0.3) is 0 Å². The van der Waals surface area contributed by atoms with E-state index in [2.05, 4.69) is 0 Å². The fraction of sp³-hybridized carbons (Fsp3) is 0.667. The van der Waals surface area contributed by atoms with E-state index in [0.717, 1.165) is 32.1 Å². The predicted octanol–water partition coefficient (Wildman–Crippen LogP) is 4.06. The lowest BCUT2D eigenvalue weighted by Gasteiger charge is -2.21. The van der Waals surface area contributed by atoms with Gasteiger partial charge in [0.05, 0.1) is 25.2 Å². The lowest BCUT2D eigenvalue weighted by Crippen LogP contribution is -2.22. The van der Waals surface area contributed by atoms with Crippen LogP contribution in [0.3, 0.4) is 0 Å². The monoisotopic (exact) mass is 476 g/mol. The Bertz CT molecular complexity index is 795. The van der Waals surface area contributed by atoms with Gasteiger partial charge in [-0.1, -0.05) is 31.6 Å². The van der Waals surface area contributed by atoms with Crippen LogP contribution in [-0.4, -0.2) is 59.9 Å². The van der Waals surface area contributed by atoms with Crippen LogP contribution in [0.5, 0.6) is 11.5 Å². The summed E-state index contributed by atoms with van der Waals surface area (Å²) in [6.45, 7) is 2.76. The third-order valence-corrected chi connectivity index (χ3v) is 7.27. The Morgan fingerprint density at radius 1 is 1.26 bits per heavy atom. The first-order chi connectivity index (χ1) is 16.4. The van der Waals surface area contributed by atoms with Crippen LogP contribution in [0.2, 0.25) is 0 Å². The van der Waals surface area contributed by atoms with Crippen LogP contribution in [-0.2, 0) is 9.53 Å². The molecular formula is C27H40O7. The highest BCUT2D eigenvalue weighted by Gasteiger charge is 2.43. The fourth-order valence-electron chi connectivity index (χ4n) is 5.30. The first kappa shape index (κ1) is 26.5. The number of aliphatic hydroxyl groups is 2. The minimum absolute atomic E-state index is 0.00531. The van der Waals surface area contributed by atoms with Gasteiger partial charge in [-0.3, -0.25) is 4.79 Å². The van der Waals surface area contributed by atoms with E-state index in [-0.39, 0.29) is 30.5 Å². The lowest BCUT2D eigenvalue weighted by molar-refractivity contribution is -0.142. The summed E-state index contributed by atoms with van der Waals surface area (Å²) in [7, 11) is 1.59. The van der Waals surface area contributed by atoms with Gasteiger partial charge in [-0.15, -0.1) is 0 Å². The van der Waals surface area contributed by atoms with Crippen molar-refractivity contribution in [2.75, 3.05) is 20.3 Å². The van der Waals surface area contributed by atoms with Crippen molar-refractivity contribution in [1.82, 2.24) is 0 Å². The summed E-state index contributed by atoms with van der Waals surface area (Å²) < 4.78 is 17.0. The largest absolute Gasteiger partial charge is 0.497 e. The topological polar surface area (TPSA) is 105 Å². The molecule has 190 valence electrons. The van der Waals surface area contributed by atoms with Gasteiger partial charge in [-0.2, -0.15) is 0 Å². The molecule has 1 aliphatic carbocycles. The summed E-state index contributed by atoms with van der Waals surface area (Å²) in [6, 6.07) is 7.24. The average molecular weight is 477 g/mol. The molecule has 2 aliphatic rings. The third kappa shape index (κ3) is 7.45. The number of carbonyl (C=O) groups is 1. The van der Waals surface area contributed by atoms with Gasteiger partial charge < -0.3 is 29.5 Å². The molecule has 1 heterocycles. The maximum absolute atomic E-state index is 11.5. The molecule has 1 aliphatic heterocycles. The second-order valence-electron chi connectivity index (χ2n) is 9.70. The van der Waals surface area contributed by atoms with Gasteiger partial charge in [0.15, 0.2) is 0 Å². The maximum atomic E-state index is 11.5. The molecule has 7 nitrogen and oxygen atoms in total. The van der Waals surface area contributed by atoms with E-state index in [1.807, 2.05) is 31.2 Å². The first-order valence-electron chi connectivity index (χ1n) is 12.6. The van der Waals surface area contributed by atoms with Gasteiger partial charge in [-0.05, 0) is 56.1 Å². The van der Waals surface area contributed by atoms with Gasteiger partial charge in [0, 0.05) is 25.0 Å². The number of hydrogen-bond donors (Lipinski definition) is 3. The molecule has 1 saturated heterocycles. The maximum Gasteiger partial charge on any atom is 0.306 e. The lowest BCUT2D eigenvalue weighted by atomic mass is 9.85. The van der Waals surface area contributed by atoms with Crippen LogP contribution < -0.4 is 9.47 Å². The number of ether oxygens (including phenoxy) is 3. The SMILES string of the molecule is CCCC(CC[C@@H]1CC[C@@H]2[C@@H](/C=C/[C@@H](O)COc3cccc(OC)c3)[C@H](O)C[C@@H]2OC1)C(=O)O. The molecule has 1 aromatic carbocycles. The Hall–Kier alpha value is -2.09. The molecule has 7 atom stereocenters. The molecule has 0 aromatic heterocycles. The number of carboxylic acid groups (broad SMARTS) is 1. The highest BCUT2D eigenvalue weighted by Crippen LogP contribution is 2.42. The van der Waals surface area contributed by atoms with Crippen molar-refractivity contribution in [2.24, 2.45) is 23.7 Å². The van der Waals surface area contributed by atoms with E-state index in [9.17, 15) is 20.1 Å². The summed E-state index contributed by atoms with van der Waals surface area (Å²) in [4.78, 5) is 11.5. The van der Waals surface area contributed by atoms with Crippen LogP contribution in [0.4, 0.5) is 0 Å². The normalized spacial score (nSPS) is 28.8. The molecule has 3 N–H and O–H groups in total. The average Bonchev–Trinajstić information content (AvgIpc) is 2.99. The molecule has 1 aromatic rings. The van der Waals surface area contributed by atoms with Crippen LogP contribution >= 0.6 is 0 Å². The van der Waals surface area contributed by atoms with E-state index in [1.54, 1.807) is 19.3 Å². The van der Waals surface area contributed by atoms with Crippen molar-refractivity contribution in [3.63, 3.8) is 0 Å². The Kier molecular flexibility index (Phi) is 10.2. The Balaban J connectivity index is 1.50. The molecule has 34 heavy (non-hydrogen) atoms. The number of rotatable bonds is 12. The van der Waals surface area contributed by atoms with Crippen molar-refractivity contribution in [3.8, 4) is 11.5 Å². The summed E-state index contributed by atoms with van der Waals surface area (Å²) in [6.07, 6.45) is 8.00. The highest BCUT2D eigenvalue weighted by atomic mass is 16.5. The second-order valence-corrected chi connectivity index (χ2v) is 9.70. The van der Waals surface area contributed by atoms with Crippen LogP contribution in [0.15, 0.2) is 36.4 Å². The third-order valence-electron chi connectivity index (χ3n) is 7.27. The quantitative estimate of drug-likeness (QED) is 0.391. The first-order valence-corrected chi connectivity index (χ1v) is 12.6. The molecule has 3 rings (SSSR count). The van der Waals surface area contributed by atoms with Crippen molar-refractivity contribution in [1.29, 1.82) is 0 Å². The number of aliphatic hydroxyl groups excluding tert-OH is 2. The number of fused-ring (bicyclic) bond motifs is 1. The van der Waals surface area contributed by atoms with Crippen LogP contribution in [0, 0.1) is 23.7 Å². The van der Waals surface area contributed by atoms with Gasteiger partial charge in [-0.25, -0.2) is 0 Å². The molecule has 1 saturated carbocycles. The molecular weight excluding hydrogens is 436 g/mol.